The maximum absolute atomic E-state index is 12.2. The van der Waals surface area contributed by atoms with Crippen molar-refractivity contribution in [1.82, 2.24) is 19.8 Å². The van der Waals surface area contributed by atoms with E-state index in [1.807, 2.05) is 12.1 Å². The van der Waals surface area contributed by atoms with Gasteiger partial charge >= 0.3 is 0 Å². The van der Waals surface area contributed by atoms with Crippen molar-refractivity contribution in [3.8, 4) is 11.4 Å². The predicted octanol–water partition coefficient (Wildman–Crippen LogP) is 4.29. The number of hydrogen-bond acceptors (Lipinski definition) is 5. The number of rotatable bonds is 6. The fraction of sp³-hybridized carbons (Fsp3) is 0.500. The van der Waals surface area contributed by atoms with Crippen LogP contribution in [0.4, 0.5) is 5.69 Å². The van der Waals surface area contributed by atoms with Gasteiger partial charge in [0.15, 0.2) is 11.5 Å². The van der Waals surface area contributed by atoms with E-state index in [-0.39, 0.29) is 11.7 Å². The van der Waals surface area contributed by atoms with Gasteiger partial charge in [0.2, 0.25) is 5.91 Å². The number of nitrogens with one attached hydrogen (secondary N) is 2. The van der Waals surface area contributed by atoms with E-state index in [0.717, 1.165) is 23.9 Å². The zero-order chi connectivity index (χ0) is 23.0. The zero-order valence-corrected chi connectivity index (χ0v) is 20.0. The number of anilines is 1. The molecule has 0 saturated heterocycles. The highest BCUT2D eigenvalue weighted by Gasteiger charge is 2.29. The second kappa shape index (κ2) is 8.86. The minimum absolute atomic E-state index is 0.189. The predicted molar refractivity (Wildman–Crippen MR) is 126 cm³/mol. The number of benzene rings is 1. The molecule has 8 nitrogen and oxygen atoms in total. The summed E-state index contributed by atoms with van der Waals surface area (Å²) in [6.45, 7) is 3.85. The van der Waals surface area contributed by atoms with Gasteiger partial charge in [-0.1, -0.05) is 44.7 Å². The van der Waals surface area contributed by atoms with Gasteiger partial charge in [-0.3, -0.25) is 4.79 Å². The van der Waals surface area contributed by atoms with Crippen LogP contribution in [0.1, 0.15) is 51.1 Å². The molecule has 1 aliphatic rings. The molecule has 0 radical (unpaired) electrons. The fourth-order valence-corrected chi connectivity index (χ4v) is 5.77. The quantitative estimate of drug-likeness (QED) is 0.550. The van der Waals surface area contributed by atoms with Crippen molar-refractivity contribution in [3.63, 3.8) is 0 Å². The van der Waals surface area contributed by atoms with Crippen molar-refractivity contribution in [2.45, 2.75) is 45.4 Å². The number of fused-ring (bicyclic) bond motifs is 1. The van der Waals surface area contributed by atoms with E-state index in [1.165, 1.54) is 19.3 Å². The van der Waals surface area contributed by atoms with E-state index in [4.69, 9.17) is 11.6 Å². The highest BCUT2D eigenvalue weighted by molar-refractivity contribution is 7.90. The van der Waals surface area contributed by atoms with E-state index >= 15 is 0 Å². The molecule has 172 valence electrons. The number of aromatic nitrogens is 4. The van der Waals surface area contributed by atoms with Crippen LogP contribution in [0.25, 0.3) is 17.0 Å². The van der Waals surface area contributed by atoms with Gasteiger partial charge in [-0.25, -0.2) is 8.42 Å². The number of H-pyrrole nitrogens is 1. The lowest BCUT2D eigenvalue weighted by Crippen LogP contribution is -2.26. The Kier molecular flexibility index (Phi) is 6.31. The third-order valence-electron chi connectivity index (χ3n) is 6.16. The fourth-order valence-electron chi connectivity index (χ4n) is 4.41. The molecule has 3 aromatic rings. The highest BCUT2D eigenvalue weighted by atomic mass is 35.5. The summed E-state index contributed by atoms with van der Waals surface area (Å²) >= 11 is 6.67. The molecular weight excluding hydrogens is 450 g/mol. The van der Waals surface area contributed by atoms with Gasteiger partial charge < -0.3 is 10.3 Å². The van der Waals surface area contributed by atoms with Crippen LogP contribution >= 0.6 is 11.6 Å². The molecule has 32 heavy (non-hydrogen) atoms. The molecule has 2 heterocycles. The van der Waals surface area contributed by atoms with Crippen molar-refractivity contribution in [2.24, 2.45) is 11.8 Å². The molecule has 2 aromatic heterocycles. The first-order chi connectivity index (χ1) is 15.1. The summed E-state index contributed by atoms with van der Waals surface area (Å²) in [6, 6.07) is 7.16. The van der Waals surface area contributed by atoms with Gasteiger partial charge in [-0.05, 0) is 36.6 Å². The second-order valence-electron chi connectivity index (χ2n) is 8.94. The molecule has 0 aliphatic heterocycles. The number of aromatic amines is 1. The lowest BCUT2D eigenvalue weighted by atomic mass is 9.79. The van der Waals surface area contributed by atoms with Gasteiger partial charge in [-0.15, -0.1) is 9.73 Å². The first-order valence-corrected chi connectivity index (χ1v) is 13.3. The molecule has 1 aliphatic carbocycles. The lowest BCUT2D eigenvalue weighted by molar-refractivity contribution is -0.118. The van der Waals surface area contributed by atoms with Crippen molar-refractivity contribution >= 4 is 38.7 Å². The van der Waals surface area contributed by atoms with Gasteiger partial charge in [0, 0.05) is 29.3 Å². The molecule has 3 atom stereocenters. The molecule has 3 unspecified atom stereocenters. The molecule has 10 heteroatoms. The average Bonchev–Trinajstić information content (AvgIpc) is 3.27. The summed E-state index contributed by atoms with van der Waals surface area (Å²) in [4.78, 5) is 15.5. The second-order valence-corrected chi connectivity index (χ2v) is 11.5. The van der Waals surface area contributed by atoms with Crippen LogP contribution < -0.4 is 5.32 Å². The Hall–Kier alpha value is -2.39. The van der Waals surface area contributed by atoms with Crippen LogP contribution in [0.3, 0.4) is 0 Å². The Morgan fingerprint density at radius 1 is 1.25 bits per heavy atom. The molecule has 2 N–H and O–H groups in total. The smallest absolute Gasteiger partial charge is 0.228 e. The number of hydrogen-bond donors (Lipinski definition) is 2. The molecule has 1 aromatic carbocycles. The first-order valence-electron chi connectivity index (χ1n) is 10.9. The third kappa shape index (κ3) is 4.83. The molecule has 0 spiro atoms. The van der Waals surface area contributed by atoms with Gasteiger partial charge in [0.05, 0.1) is 11.4 Å². The minimum atomic E-state index is -3.22. The summed E-state index contributed by atoms with van der Waals surface area (Å²) < 4.78 is 24.4. The van der Waals surface area contributed by atoms with Crippen molar-refractivity contribution in [1.29, 1.82) is 0 Å². The molecule has 1 amide bonds. The average molecular weight is 478 g/mol. The Morgan fingerprint density at radius 2 is 1.94 bits per heavy atom. The van der Waals surface area contributed by atoms with Crippen LogP contribution in [0, 0.1) is 11.8 Å². The standard InChI is InChI=1S/C22H28ClN5O3S/c1-13-6-4-5-7-17(13)19-18(23)21-25-20(27-28(21)26-19)15-8-10-16(11-9-15)24-22(29)14(2)12-32(3,30)31/h8-11,13-14,17H,4-7,12H2,1-3H3,(H,24,29)(H,25,27). The molecule has 1 saturated carbocycles. The first kappa shape index (κ1) is 22.8. The number of carbonyl (C=O) groups excluding carboxylic acids is 1. The van der Waals surface area contributed by atoms with Crippen LogP contribution in [0.2, 0.25) is 5.02 Å². The Labute approximate surface area is 192 Å². The van der Waals surface area contributed by atoms with Gasteiger partial charge in [0.1, 0.15) is 14.9 Å². The highest BCUT2D eigenvalue weighted by Crippen LogP contribution is 2.40. The number of sulfone groups is 1. The largest absolute Gasteiger partial charge is 0.326 e. The summed E-state index contributed by atoms with van der Waals surface area (Å²) in [5.41, 5.74) is 3.01. The normalized spacial score (nSPS) is 20.4. The maximum Gasteiger partial charge on any atom is 0.228 e. The van der Waals surface area contributed by atoms with E-state index in [2.05, 4.69) is 27.4 Å². The molecular formula is C22H28ClN5O3S. The maximum atomic E-state index is 12.2. The summed E-state index contributed by atoms with van der Waals surface area (Å²) in [5.74, 6) is 0.388. The van der Waals surface area contributed by atoms with Crippen molar-refractivity contribution in [2.75, 3.05) is 17.3 Å². The van der Waals surface area contributed by atoms with Crippen LogP contribution in [-0.2, 0) is 14.6 Å². The lowest BCUT2D eigenvalue weighted by Gasteiger charge is -2.27. The van der Waals surface area contributed by atoms with E-state index < -0.39 is 15.8 Å². The topological polar surface area (TPSA) is 109 Å². The number of nitrogens with zero attached hydrogens (tertiary/aromatic N) is 3. The Bertz CT molecular complexity index is 1230. The molecule has 0 bridgehead atoms. The van der Waals surface area contributed by atoms with Crippen molar-refractivity contribution in [3.05, 3.63) is 35.0 Å². The number of halogens is 1. The van der Waals surface area contributed by atoms with Crippen LogP contribution in [0.5, 0.6) is 0 Å². The SMILES string of the molecule is CC(CS(C)(=O)=O)C(=O)Nc1ccc(-c2nn3nc(C4CCCCC4C)c(Cl)c3[nH]2)cc1. The van der Waals surface area contributed by atoms with Crippen LogP contribution in [-0.4, -0.2) is 46.1 Å². The number of amides is 1. The van der Waals surface area contributed by atoms with E-state index in [0.29, 0.717) is 34.0 Å². The van der Waals surface area contributed by atoms with Gasteiger partial charge in [0.25, 0.3) is 0 Å². The molecule has 1 fully saturated rings. The van der Waals surface area contributed by atoms with Crippen molar-refractivity contribution < 1.29 is 13.2 Å². The third-order valence-corrected chi connectivity index (χ3v) is 7.63. The Balaban J connectivity index is 1.49. The van der Waals surface area contributed by atoms with E-state index in [9.17, 15) is 13.2 Å². The zero-order valence-electron chi connectivity index (χ0n) is 18.4. The molecule has 4 rings (SSSR count). The minimum Gasteiger partial charge on any atom is -0.326 e. The summed E-state index contributed by atoms with van der Waals surface area (Å²) in [6.07, 6.45) is 5.88. The monoisotopic (exact) mass is 477 g/mol. The Morgan fingerprint density at radius 3 is 2.56 bits per heavy atom. The van der Waals surface area contributed by atoms with E-state index in [1.54, 1.807) is 23.7 Å². The van der Waals surface area contributed by atoms with Gasteiger partial charge in [-0.2, -0.15) is 5.10 Å². The summed E-state index contributed by atoms with van der Waals surface area (Å²) in [5, 5.41) is 12.6. The number of carbonyl (C=O) groups is 1. The summed E-state index contributed by atoms with van der Waals surface area (Å²) in [7, 11) is -3.22. The van der Waals surface area contributed by atoms with Crippen LogP contribution in [0.15, 0.2) is 24.3 Å².